The van der Waals surface area contributed by atoms with Crippen molar-refractivity contribution in [1.29, 1.82) is 0 Å². The Bertz CT molecular complexity index is 701. The average molecular weight is 414 g/mol. The van der Waals surface area contributed by atoms with Crippen LogP contribution in [0.1, 0.15) is 40.5 Å². The fourth-order valence-electron chi connectivity index (χ4n) is 3.32. The van der Waals surface area contributed by atoms with Gasteiger partial charge in [-0.1, -0.05) is 70.7 Å². The van der Waals surface area contributed by atoms with Crippen molar-refractivity contribution < 1.29 is 4.79 Å². The molecule has 0 aromatic heterocycles. The minimum Gasteiger partial charge on any atom is -0.350 e. The molecule has 0 heterocycles. The molecule has 0 saturated heterocycles. The molecular formula is C24H31NOS2. The summed E-state index contributed by atoms with van der Waals surface area (Å²) >= 11 is 3.71. The topological polar surface area (TPSA) is 29.1 Å². The van der Waals surface area contributed by atoms with Gasteiger partial charge in [0, 0.05) is 25.3 Å². The molecule has 1 N–H and O–H groups in total. The lowest BCUT2D eigenvalue weighted by Crippen LogP contribution is -2.42. The van der Waals surface area contributed by atoms with Crippen molar-refractivity contribution in [1.82, 2.24) is 5.32 Å². The molecule has 2 rings (SSSR count). The van der Waals surface area contributed by atoms with E-state index in [1.54, 1.807) is 0 Å². The van der Waals surface area contributed by atoms with Gasteiger partial charge in [-0.3, -0.25) is 4.79 Å². The highest BCUT2D eigenvalue weighted by Gasteiger charge is 2.31. The minimum absolute atomic E-state index is 0.00599. The Morgan fingerprint density at radius 3 is 1.64 bits per heavy atom. The lowest BCUT2D eigenvalue weighted by atomic mass is 9.94. The van der Waals surface area contributed by atoms with E-state index in [0.29, 0.717) is 0 Å². The third-order valence-electron chi connectivity index (χ3n) is 4.28. The fraction of sp³-hybridized carbons (Fsp3) is 0.375. The summed E-state index contributed by atoms with van der Waals surface area (Å²) in [5.41, 5.74) is 0. The molecule has 0 saturated carbocycles. The van der Waals surface area contributed by atoms with Gasteiger partial charge in [0.15, 0.2) is 0 Å². The van der Waals surface area contributed by atoms with Crippen LogP contribution in [0.4, 0.5) is 0 Å². The Hall–Kier alpha value is -1.65. The molecular weight excluding hydrogens is 382 g/mol. The zero-order valence-electron chi connectivity index (χ0n) is 17.3. The number of carbonyl (C=O) groups excluding carboxylic acids is 1. The third kappa shape index (κ3) is 8.15. The Balaban J connectivity index is 2.09. The van der Waals surface area contributed by atoms with Crippen LogP contribution < -0.4 is 5.32 Å². The first-order valence-electron chi connectivity index (χ1n) is 9.60. The summed E-state index contributed by atoms with van der Waals surface area (Å²) in [6.07, 6.45) is 3.12. The molecule has 0 aliphatic rings. The number of hydrogen-bond donors (Lipinski definition) is 1. The number of hydrogen-bond acceptors (Lipinski definition) is 3. The second-order valence-corrected chi connectivity index (χ2v) is 11.7. The SMILES string of the molecule is C=CC(=O)NC(CC(C)(C)Sc1ccccc1)CC(C)(C)Sc1ccccc1. The van der Waals surface area contributed by atoms with E-state index in [0.717, 1.165) is 12.8 Å². The number of thioether (sulfide) groups is 2. The van der Waals surface area contributed by atoms with Crippen LogP contribution in [-0.4, -0.2) is 21.4 Å². The normalized spacial score (nSPS) is 12.0. The number of amides is 1. The second-order valence-electron chi connectivity index (χ2n) is 8.17. The van der Waals surface area contributed by atoms with E-state index in [1.807, 2.05) is 35.7 Å². The van der Waals surface area contributed by atoms with Gasteiger partial charge < -0.3 is 5.32 Å². The first-order chi connectivity index (χ1) is 13.2. The van der Waals surface area contributed by atoms with Crippen LogP contribution in [0, 0.1) is 0 Å². The Labute approximate surface area is 178 Å². The molecule has 0 unspecified atom stereocenters. The standard InChI is InChI=1S/C24H31NOS2/c1-6-22(26)25-19(17-23(2,3)27-20-13-9-7-10-14-20)18-24(4,5)28-21-15-11-8-12-16-21/h6-16,19H,1,17-18H2,2-5H3,(H,25,26). The van der Waals surface area contributed by atoms with Crippen molar-refractivity contribution >= 4 is 29.4 Å². The van der Waals surface area contributed by atoms with E-state index >= 15 is 0 Å². The molecule has 4 heteroatoms. The maximum Gasteiger partial charge on any atom is 0.243 e. The Kier molecular flexibility index (Phi) is 8.26. The Morgan fingerprint density at radius 2 is 1.29 bits per heavy atom. The van der Waals surface area contributed by atoms with Gasteiger partial charge in [-0.05, 0) is 43.2 Å². The predicted molar refractivity (Wildman–Crippen MR) is 124 cm³/mol. The van der Waals surface area contributed by atoms with Crippen molar-refractivity contribution in [2.24, 2.45) is 0 Å². The number of rotatable bonds is 10. The zero-order valence-corrected chi connectivity index (χ0v) is 18.9. The largest absolute Gasteiger partial charge is 0.350 e. The van der Waals surface area contributed by atoms with Crippen LogP contribution >= 0.6 is 23.5 Å². The van der Waals surface area contributed by atoms with E-state index in [2.05, 4.69) is 88.1 Å². The minimum atomic E-state index is -0.106. The van der Waals surface area contributed by atoms with Crippen molar-refractivity contribution in [3.8, 4) is 0 Å². The molecule has 0 aliphatic carbocycles. The van der Waals surface area contributed by atoms with E-state index in [9.17, 15) is 4.79 Å². The summed E-state index contributed by atoms with van der Waals surface area (Å²) in [4.78, 5) is 14.6. The highest BCUT2D eigenvalue weighted by Crippen LogP contribution is 2.40. The summed E-state index contributed by atoms with van der Waals surface area (Å²) in [5, 5.41) is 3.17. The highest BCUT2D eigenvalue weighted by molar-refractivity contribution is 8.01. The van der Waals surface area contributed by atoms with Gasteiger partial charge in [0.25, 0.3) is 0 Å². The molecule has 1 amide bonds. The van der Waals surface area contributed by atoms with Gasteiger partial charge in [0.2, 0.25) is 5.91 Å². The summed E-state index contributed by atoms with van der Waals surface area (Å²) < 4.78 is -0.0120. The van der Waals surface area contributed by atoms with Gasteiger partial charge in [0.05, 0.1) is 0 Å². The van der Waals surface area contributed by atoms with Gasteiger partial charge in [0.1, 0.15) is 0 Å². The molecule has 28 heavy (non-hydrogen) atoms. The fourth-order valence-corrected chi connectivity index (χ4v) is 5.75. The van der Waals surface area contributed by atoms with Gasteiger partial charge in [-0.15, -0.1) is 23.5 Å². The van der Waals surface area contributed by atoms with Crippen LogP contribution in [0.15, 0.2) is 83.1 Å². The summed E-state index contributed by atoms with van der Waals surface area (Å²) in [7, 11) is 0. The van der Waals surface area contributed by atoms with E-state index in [-0.39, 0.29) is 21.4 Å². The zero-order chi connectivity index (χ0) is 20.6. The summed E-state index contributed by atoms with van der Waals surface area (Å²) in [5.74, 6) is -0.106. The first-order valence-corrected chi connectivity index (χ1v) is 11.2. The van der Waals surface area contributed by atoms with Crippen molar-refractivity contribution in [3.05, 3.63) is 73.3 Å². The molecule has 0 atom stereocenters. The van der Waals surface area contributed by atoms with Crippen LogP contribution in [0.5, 0.6) is 0 Å². The van der Waals surface area contributed by atoms with E-state index in [1.165, 1.54) is 15.9 Å². The highest BCUT2D eigenvalue weighted by atomic mass is 32.2. The molecule has 2 aromatic rings. The summed E-state index contributed by atoms with van der Waals surface area (Å²) in [6, 6.07) is 21.0. The van der Waals surface area contributed by atoms with Crippen LogP contribution in [0.3, 0.4) is 0 Å². The lowest BCUT2D eigenvalue weighted by Gasteiger charge is -2.34. The maximum atomic E-state index is 12.1. The lowest BCUT2D eigenvalue weighted by molar-refractivity contribution is -0.117. The van der Waals surface area contributed by atoms with Crippen LogP contribution in [0.2, 0.25) is 0 Å². The van der Waals surface area contributed by atoms with Crippen LogP contribution in [0.25, 0.3) is 0 Å². The molecule has 2 aromatic carbocycles. The monoisotopic (exact) mass is 413 g/mol. The van der Waals surface area contributed by atoms with Crippen molar-refractivity contribution in [2.45, 2.75) is 65.9 Å². The van der Waals surface area contributed by atoms with Crippen molar-refractivity contribution in [2.75, 3.05) is 0 Å². The maximum absolute atomic E-state index is 12.1. The van der Waals surface area contributed by atoms with Gasteiger partial charge in [-0.2, -0.15) is 0 Å². The third-order valence-corrected chi connectivity index (χ3v) is 6.74. The molecule has 0 radical (unpaired) electrons. The first kappa shape index (κ1) is 22.6. The van der Waals surface area contributed by atoms with Crippen LogP contribution in [-0.2, 0) is 4.79 Å². The number of carbonyl (C=O) groups is 1. The molecule has 0 fully saturated rings. The molecule has 0 spiro atoms. The van der Waals surface area contributed by atoms with Gasteiger partial charge >= 0.3 is 0 Å². The molecule has 0 aliphatic heterocycles. The number of benzene rings is 2. The molecule has 2 nitrogen and oxygen atoms in total. The van der Waals surface area contributed by atoms with Crippen molar-refractivity contribution in [3.63, 3.8) is 0 Å². The van der Waals surface area contributed by atoms with E-state index < -0.39 is 0 Å². The van der Waals surface area contributed by atoms with E-state index in [4.69, 9.17) is 0 Å². The average Bonchev–Trinajstić information content (AvgIpc) is 2.61. The Morgan fingerprint density at radius 1 is 0.893 bits per heavy atom. The van der Waals surface area contributed by atoms with Gasteiger partial charge in [-0.25, -0.2) is 0 Å². The molecule has 0 bridgehead atoms. The smallest absolute Gasteiger partial charge is 0.243 e. The quantitative estimate of drug-likeness (QED) is 0.352. The summed E-state index contributed by atoms with van der Waals surface area (Å²) in [6.45, 7) is 12.6. The predicted octanol–water partition coefficient (Wildman–Crippen LogP) is 6.58. The second kappa shape index (κ2) is 10.2. The molecule has 150 valence electrons. The number of nitrogens with one attached hydrogen (secondary N) is 1.